The van der Waals surface area contributed by atoms with Crippen LogP contribution in [0.5, 0.6) is 0 Å². The lowest BCUT2D eigenvalue weighted by molar-refractivity contribution is -0.143. The Morgan fingerprint density at radius 1 is 1.41 bits per heavy atom. The van der Waals surface area contributed by atoms with Crippen molar-refractivity contribution in [2.45, 2.75) is 51.7 Å². The fourth-order valence-electron chi connectivity index (χ4n) is 1.22. The summed E-state index contributed by atoms with van der Waals surface area (Å²) in [5, 5.41) is 14.4. The van der Waals surface area contributed by atoms with Crippen LogP contribution in [-0.2, 0) is 9.53 Å². The van der Waals surface area contributed by atoms with Crippen LogP contribution in [0.25, 0.3) is 0 Å². The number of amides is 1. The van der Waals surface area contributed by atoms with Crippen LogP contribution in [0.1, 0.15) is 40.5 Å². The molecule has 0 saturated carbocycles. The molecule has 0 spiro atoms. The molecule has 6 heteroatoms. The highest BCUT2D eigenvalue weighted by Crippen LogP contribution is 2.17. The van der Waals surface area contributed by atoms with Gasteiger partial charge in [-0.3, -0.25) is 4.79 Å². The van der Waals surface area contributed by atoms with Crippen LogP contribution < -0.4 is 11.1 Å². The Hall–Kier alpha value is -1.30. The minimum atomic E-state index is -0.911. The van der Waals surface area contributed by atoms with Gasteiger partial charge in [-0.25, -0.2) is 0 Å². The van der Waals surface area contributed by atoms with Gasteiger partial charge in [0.2, 0.25) is 0 Å². The molecule has 0 rings (SSSR count). The van der Waals surface area contributed by atoms with Crippen LogP contribution in [0.4, 0.5) is 0 Å². The molecule has 4 N–H and O–H groups in total. The minimum absolute atomic E-state index is 0.0251. The zero-order chi connectivity index (χ0) is 13.7. The molecule has 1 amide bonds. The highest BCUT2D eigenvalue weighted by Gasteiger charge is 2.37. The second kappa shape index (κ2) is 5.86. The lowest BCUT2D eigenvalue weighted by atomic mass is 9.94. The summed E-state index contributed by atoms with van der Waals surface area (Å²) in [5.41, 5.74) is 3.80. The second-order valence-electron chi connectivity index (χ2n) is 4.41. The van der Waals surface area contributed by atoms with Crippen molar-refractivity contribution in [2.24, 2.45) is 10.9 Å². The van der Waals surface area contributed by atoms with Crippen molar-refractivity contribution in [2.75, 3.05) is 7.11 Å². The van der Waals surface area contributed by atoms with Crippen molar-refractivity contribution in [3.05, 3.63) is 0 Å². The molecule has 17 heavy (non-hydrogen) atoms. The Balaban J connectivity index is 4.99. The van der Waals surface area contributed by atoms with Crippen LogP contribution in [0.15, 0.2) is 5.16 Å². The molecule has 100 valence electrons. The number of amidine groups is 1. The van der Waals surface area contributed by atoms with Crippen LogP contribution >= 0.6 is 0 Å². The van der Waals surface area contributed by atoms with Gasteiger partial charge in [-0.05, 0) is 26.7 Å². The van der Waals surface area contributed by atoms with Gasteiger partial charge in [0.15, 0.2) is 5.84 Å². The van der Waals surface area contributed by atoms with E-state index >= 15 is 0 Å². The molecule has 0 saturated heterocycles. The van der Waals surface area contributed by atoms with Gasteiger partial charge >= 0.3 is 0 Å². The largest absolute Gasteiger partial charge is 0.409 e. The van der Waals surface area contributed by atoms with E-state index in [1.165, 1.54) is 7.11 Å². The van der Waals surface area contributed by atoms with Crippen LogP contribution in [0, 0.1) is 0 Å². The quantitative estimate of drug-likeness (QED) is 0.279. The van der Waals surface area contributed by atoms with E-state index in [0.717, 1.165) is 0 Å². The monoisotopic (exact) mass is 245 g/mol. The molecule has 0 aromatic heterocycles. The van der Waals surface area contributed by atoms with Gasteiger partial charge in [0.05, 0.1) is 5.54 Å². The Kier molecular flexibility index (Phi) is 5.41. The van der Waals surface area contributed by atoms with E-state index in [0.29, 0.717) is 12.8 Å². The molecule has 2 atom stereocenters. The number of methoxy groups -OCH3 is 1. The van der Waals surface area contributed by atoms with Gasteiger partial charge in [-0.1, -0.05) is 19.0 Å². The third kappa shape index (κ3) is 3.33. The maximum absolute atomic E-state index is 12.1. The Morgan fingerprint density at radius 2 is 1.94 bits per heavy atom. The summed E-state index contributed by atoms with van der Waals surface area (Å²) in [6.07, 6.45) is 1.05. The first-order chi connectivity index (χ1) is 7.79. The summed E-state index contributed by atoms with van der Waals surface area (Å²) in [7, 11) is 1.48. The lowest BCUT2D eigenvalue weighted by Gasteiger charge is -2.33. The summed E-state index contributed by atoms with van der Waals surface area (Å²) >= 11 is 0. The zero-order valence-electron chi connectivity index (χ0n) is 11.2. The van der Waals surface area contributed by atoms with Gasteiger partial charge in [0, 0.05) is 7.11 Å². The molecule has 0 aliphatic carbocycles. The van der Waals surface area contributed by atoms with Gasteiger partial charge in [0.1, 0.15) is 5.60 Å². The first kappa shape index (κ1) is 15.7. The molecule has 0 aromatic carbocycles. The van der Waals surface area contributed by atoms with Crippen LogP contribution in [0.3, 0.4) is 0 Å². The SMILES string of the molecule is CCC(C)(NC(=O)C(C)(CC)OC)C(N)=NO. The number of ether oxygens (including phenoxy) is 1. The number of rotatable bonds is 6. The van der Waals surface area contributed by atoms with E-state index in [1.54, 1.807) is 13.8 Å². The first-order valence-corrected chi connectivity index (χ1v) is 5.65. The molecule has 0 fully saturated rings. The number of hydrogen-bond acceptors (Lipinski definition) is 4. The first-order valence-electron chi connectivity index (χ1n) is 5.65. The molecule has 0 heterocycles. The average molecular weight is 245 g/mol. The predicted molar refractivity (Wildman–Crippen MR) is 66.0 cm³/mol. The topological polar surface area (TPSA) is 96.9 Å². The predicted octanol–water partition coefficient (Wildman–Crippen LogP) is 0.833. The number of hydrogen-bond donors (Lipinski definition) is 3. The number of oxime groups is 1. The highest BCUT2D eigenvalue weighted by molar-refractivity contribution is 5.95. The number of carbonyl (C=O) groups excluding carboxylic acids is 1. The standard InChI is InChI=1S/C11H23N3O3/c1-6-10(3,8(12)14-16)13-9(15)11(4,7-2)17-5/h16H,6-7H2,1-5H3,(H2,12,14)(H,13,15). The summed E-state index contributed by atoms with van der Waals surface area (Å²) in [6, 6.07) is 0. The van der Waals surface area contributed by atoms with Crippen LogP contribution in [-0.4, -0.2) is 35.2 Å². The minimum Gasteiger partial charge on any atom is -0.409 e. The van der Waals surface area contributed by atoms with E-state index in [1.807, 2.05) is 13.8 Å². The summed E-state index contributed by atoms with van der Waals surface area (Å²) in [4.78, 5) is 12.1. The van der Waals surface area contributed by atoms with Crippen molar-refractivity contribution < 1.29 is 14.7 Å². The van der Waals surface area contributed by atoms with E-state index in [-0.39, 0.29) is 11.7 Å². The van der Waals surface area contributed by atoms with E-state index in [4.69, 9.17) is 15.7 Å². The van der Waals surface area contributed by atoms with E-state index in [9.17, 15) is 4.79 Å². The molecular weight excluding hydrogens is 222 g/mol. The van der Waals surface area contributed by atoms with Gasteiger partial charge < -0.3 is 21.0 Å². The van der Waals surface area contributed by atoms with E-state index in [2.05, 4.69) is 10.5 Å². The van der Waals surface area contributed by atoms with Gasteiger partial charge in [-0.2, -0.15) is 0 Å². The van der Waals surface area contributed by atoms with Gasteiger partial charge in [-0.15, -0.1) is 0 Å². The Bertz CT molecular complexity index is 300. The Morgan fingerprint density at radius 3 is 2.24 bits per heavy atom. The fraction of sp³-hybridized carbons (Fsp3) is 0.818. The van der Waals surface area contributed by atoms with Gasteiger partial charge in [0.25, 0.3) is 5.91 Å². The molecule has 0 radical (unpaired) electrons. The third-order valence-electron chi connectivity index (χ3n) is 3.38. The molecule has 6 nitrogen and oxygen atoms in total. The molecule has 2 unspecified atom stereocenters. The highest BCUT2D eigenvalue weighted by atomic mass is 16.5. The molecule has 0 bridgehead atoms. The summed E-state index contributed by atoms with van der Waals surface area (Å²) in [5.74, 6) is -0.304. The molecule has 0 aliphatic heterocycles. The zero-order valence-corrected chi connectivity index (χ0v) is 11.2. The maximum Gasteiger partial charge on any atom is 0.252 e. The molecule has 0 aliphatic rings. The van der Waals surface area contributed by atoms with Crippen molar-refractivity contribution in [3.63, 3.8) is 0 Å². The van der Waals surface area contributed by atoms with Crippen molar-refractivity contribution in [1.82, 2.24) is 5.32 Å². The molecule has 0 aromatic rings. The van der Waals surface area contributed by atoms with Crippen molar-refractivity contribution >= 4 is 11.7 Å². The average Bonchev–Trinajstić information content (AvgIpc) is 2.36. The van der Waals surface area contributed by atoms with Crippen LogP contribution in [0.2, 0.25) is 0 Å². The number of nitrogens with one attached hydrogen (secondary N) is 1. The summed E-state index contributed by atoms with van der Waals surface area (Å²) < 4.78 is 5.20. The van der Waals surface area contributed by atoms with Crippen molar-refractivity contribution in [1.29, 1.82) is 0 Å². The number of carbonyl (C=O) groups is 1. The fourth-order valence-corrected chi connectivity index (χ4v) is 1.22. The van der Waals surface area contributed by atoms with Crippen molar-refractivity contribution in [3.8, 4) is 0 Å². The number of nitrogens with zero attached hydrogens (tertiary/aromatic N) is 1. The third-order valence-corrected chi connectivity index (χ3v) is 3.38. The summed E-state index contributed by atoms with van der Waals surface area (Å²) in [6.45, 7) is 7.10. The van der Waals surface area contributed by atoms with E-state index < -0.39 is 11.1 Å². The molecular formula is C11H23N3O3. The normalized spacial score (nSPS) is 19.2. The smallest absolute Gasteiger partial charge is 0.252 e. The Labute approximate surface area is 102 Å². The second-order valence-corrected chi connectivity index (χ2v) is 4.41. The maximum atomic E-state index is 12.1. The lowest BCUT2D eigenvalue weighted by Crippen LogP contribution is -2.60. The number of nitrogens with two attached hydrogens (primary N) is 1.